The highest BCUT2D eigenvalue weighted by Crippen LogP contribution is 2.38. The summed E-state index contributed by atoms with van der Waals surface area (Å²) in [6, 6.07) is 16.6. The number of hydrogen-bond donors (Lipinski definition) is 5. The Bertz CT molecular complexity index is 3590. The fourth-order valence-corrected chi connectivity index (χ4v) is 8.91. The van der Waals surface area contributed by atoms with Crippen molar-refractivity contribution in [1.82, 2.24) is 29.3 Å². The first-order valence-corrected chi connectivity index (χ1v) is 23.5. The summed E-state index contributed by atoms with van der Waals surface area (Å²) in [5, 5.41) is 36.2. The van der Waals surface area contributed by atoms with E-state index >= 15 is 8.78 Å². The van der Waals surface area contributed by atoms with Gasteiger partial charge in [0.25, 0.3) is 40.7 Å². The fraction of sp³-hybridized carbons (Fsp3) is 0.296. The highest BCUT2D eigenvalue weighted by atomic mass is 35.5. The molecule has 24 heteroatoms. The predicted molar refractivity (Wildman–Crippen MR) is 277 cm³/mol. The summed E-state index contributed by atoms with van der Waals surface area (Å²) in [6.45, 7) is -0.768. The number of nitrogens with one attached hydrogen (secondary N) is 2. The Hall–Kier alpha value is -8.31. The van der Waals surface area contributed by atoms with Crippen LogP contribution >= 0.6 is 11.6 Å². The number of carbonyl (C=O) groups excluding carboxylic acids is 4. The number of pyridine rings is 4. The molecule has 0 atom stereocenters. The number of carbonyl (C=O) groups is 4. The maximum Gasteiger partial charge on any atom is 0.347 e. The number of aromatic hydroxyl groups is 2. The summed E-state index contributed by atoms with van der Waals surface area (Å²) in [5.41, 5.74) is -4.47. The van der Waals surface area contributed by atoms with Crippen LogP contribution < -0.4 is 21.8 Å². The van der Waals surface area contributed by atoms with Crippen LogP contribution in [0.2, 0.25) is 5.02 Å². The number of imide groups is 1. The summed E-state index contributed by atoms with van der Waals surface area (Å²) in [7, 11) is 0. The lowest BCUT2D eigenvalue weighted by molar-refractivity contribution is -0.0359. The van der Waals surface area contributed by atoms with Crippen molar-refractivity contribution in [1.29, 1.82) is 0 Å². The van der Waals surface area contributed by atoms with Gasteiger partial charge in [-0.3, -0.25) is 48.0 Å². The molecular formula is C54H52ClF6N7O10. The van der Waals surface area contributed by atoms with Gasteiger partial charge in [-0.25, -0.2) is 31.1 Å². The number of nitrogens with zero attached hydrogens (tertiary/aromatic N) is 5. The number of fused-ring (bicyclic) bond motifs is 2. The zero-order chi connectivity index (χ0) is 55.2. The number of benzene rings is 3. The molecular weight excluding hydrogens is 1060 g/mol. The van der Waals surface area contributed by atoms with Crippen LogP contribution in [-0.4, -0.2) is 107 Å². The van der Waals surface area contributed by atoms with Crippen molar-refractivity contribution < 1.29 is 65.6 Å². The molecule has 0 unspecified atom stereocenters. The third-order valence-electron chi connectivity index (χ3n) is 12.1. The normalized spacial score (nSPS) is 13.6. The van der Waals surface area contributed by atoms with Crippen LogP contribution in [0.1, 0.15) is 99.3 Å². The molecule has 0 saturated heterocycles. The van der Waals surface area contributed by atoms with E-state index in [2.05, 4.69) is 20.6 Å². The van der Waals surface area contributed by atoms with Crippen molar-refractivity contribution >= 4 is 63.0 Å². The highest BCUT2D eigenvalue weighted by Gasteiger charge is 2.44. The Kier molecular flexibility index (Phi) is 17.2. The van der Waals surface area contributed by atoms with E-state index in [0.29, 0.717) is 26.2 Å². The third kappa shape index (κ3) is 12.0. The van der Waals surface area contributed by atoms with E-state index in [1.54, 1.807) is 0 Å². The molecule has 7 aromatic rings. The Morgan fingerprint density at radius 2 is 1.29 bits per heavy atom. The number of esters is 1. The van der Waals surface area contributed by atoms with Gasteiger partial charge in [-0.2, -0.15) is 0 Å². The van der Waals surface area contributed by atoms with Crippen molar-refractivity contribution in [2.75, 3.05) is 31.6 Å². The van der Waals surface area contributed by atoms with E-state index < -0.39 is 124 Å². The fourth-order valence-electron chi connectivity index (χ4n) is 8.60. The second-order valence-corrected chi connectivity index (χ2v) is 18.9. The van der Waals surface area contributed by atoms with Crippen molar-refractivity contribution in [3.05, 3.63) is 167 Å². The maximum absolute atomic E-state index is 15.7. The summed E-state index contributed by atoms with van der Waals surface area (Å²) >= 11 is 6.61. The number of halogens is 7. The van der Waals surface area contributed by atoms with Gasteiger partial charge in [0.15, 0.2) is 17.1 Å². The van der Waals surface area contributed by atoms with Crippen LogP contribution in [0, 0.1) is 11.6 Å². The van der Waals surface area contributed by atoms with Gasteiger partial charge in [-0.15, -0.1) is 0 Å². The number of amides is 3. The Balaban J connectivity index is 0.000000251. The molecule has 0 spiro atoms. The van der Waals surface area contributed by atoms with Gasteiger partial charge in [0.2, 0.25) is 0 Å². The summed E-state index contributed by atoms with van der Waals surface area (Å²) in [4.78, 5) is 86.1. The first-order chi connectivity index (χ1) is 35.8. The number of aromatic nitrogens is 4. The van der Waals surface area contributed by atoms with Crippen LogP contribution in [0.4, 0.5) is 32.0 Å². The number of alkyl halides is 4. The van der Waals surface area contributed by atoms with Crippen molar-refractivity contribution in [3.63, 3.8) is 0 Å². The quantitative estimate of drug-likeness (QED) is 0.0416. The average molecular weight is 1110 g/mol. The number of aliphatic hydroxyl groups is 1. The predicted octanol–water partition coefficient (Wildman–Crippen LogP) is 8.26. The molecule has 4 aromatic heterocycles. The third-order valence-corrected chi connectivity index (χ3v) is 12.6. The molecule has 0 fully saturated rings. The standard InChI is InChI=1S/C29H21ClF3N3O6.C23H23F3N4O4.2CH4/c1-2-42-28(41)20-24(37)22-23(21(30)16(12-34-22)11-15-7-9-17(31)10-8-15)35(27(20)40)13-29(32,33)14-36-25(38)18-5-3-4-6-19(18)26(36)39;1-22(2,34)9-29-20(32)15-19(31)17-18-16(28-10-23(25,26)11-30(18)21(15)33)13(8-27-17)7-12-3-5-14(24)6-4-12;;/h3-10,12,37H,2,11,13-14H2,1H3;3-6,8,28,31,34H,7,9-11H2,1-2H3,(H,29,32);2*1H4. The Morgan fingerprint density at radius 1 is 0.782 bits per heavy atom. The van der Waals surface area contributed by atoms with Crippen LogP contribution in [0.5, 0.6) is 11.5 Å². The van der Waals surface area contributed by atoms with E-state index in [1.807, 2.05) is 0 Å². The molecule has 9 rings (SSSR count). The minimum atomic E-state index is -3.91. The number of rotatable bonds is 13. The van der Waals surface area contributed by atoms with Gasteiger partial charge in [0.1, 0.15) is 28.2 Å². The van der Waals surface area contributed by atoms with Crippen LogP contribution in [0.15, 0.2) is 94.8 Å². The van der Waals surface area contributed by atoms with Crippen LogP contribution in [-0.2, 0) is 30.7 Å². The Labute approximate surface area is 445 Å². The largest absolute Gasteiger partial charge is 0.505 e. The number of anilines is 1. The molecule has 2 aliphatic heterocycles. The summed E-state index contributed by atoms with van der Waals surface area (Å²) in [5.74, 6) is -14.0. The molecule has 78 heavy (non-hydrogen) atoms. The lowest BCUT2D eigenvalue weighted by Gasteiger charge is -2.24. The molecule has 0 aliphatic carbocycles. The smallest absolute Gasteiger partial charge is 0.347 e. The average Bonchev–Trinajstić information content (AvgIpc) is 3.50. The minimum absolute atomic E-state index is 0. The van der Waals surface area contributed by atoms with Gasteiger partial charge in [0, 0.05) is 37.3 Å². The van der Waals surface area contributed by atoms with E-state index in [0.717, 1.165) is 4.57 Å². The monoisotopic (exact) mass is 1110 g/mol. The molecule has 6 heterocycles. The molecule has 412 valence electrons. The molecule has 0 saturated carbocycles. The van der Waals surface area contributed by atoms with Crippen molar-refractivity contribution in [3.8, 4) is 11.5 Å². The number of hydrogen-bond acceptors (Lipinski definition) is 13. The zero-order valence-corrected chi connectivity index (χ0v) is 41.1. The van der Waals surface area contributed by atoms with E-state index in [9.17, 15) is 61.6 Å². The van der Waals surface area contributed by atoms with E-state index in [1.165, 1.54) is 106 Å². The molecule has 17 nitrogen and oxygen atoms in total. The molecule has 0 bridgehead atoms. The van der Waals surface area contributed by atoms with Gasteiger partial charge in [-0.1, -0.05) is 62.9 Å². The lowest BCUT2D eigenvalue weighted by Crippen LogP contribution is -2.44. The topological polar surface area (TPSA) is 235 Å². The maximum atomic E-state index is 15.7. The second-order valence-electron chi connectivity index (χ2n) is 18.5. The molecule has 3 amide bonds. The van der Waals surface area contributed by atoms with Gasteiger partial charge >= 0.3 is 5.97 Å². The lowest BCUT2D eigenvalue weighted by atomic mass is 10.0. The molecule has 2 aliphatic rings. The van der Waals surface area contributed by atoms with Gasteiger partial charge in [0.05, 0.1) is 71.3 Å². The summed E-state index contributed by atoms with van der Waals surface area (Å²) in [6.07, 6.45) is 2.83. The van der Waals surface area contributed by atoms with Crippen molar-refractivity contribution in [2.24, 2.45) is 0 Å². The van der Waals surface area contributed by atoms with Gasteiger partial charge in [-0.05, 0) is 73.9 Å². The zero-order valence-electron chi connectivity index (χ0n) is 40.3. The highest BCUT2D eigenvalue weighted by molar-refractivity contribution is 6.36. The SMILES string of the molecule is C.C.CC(C)(O)CNC(=O)c1c(O)c2ncc(Cc3ccc(F)cc3)c3c2n(c1=O)CC(F)(F)CN3.CCOC(=O)c1c(O)c2ncc(Cc3ccc(F)cc3)c(Cl)c2n(CC(F)(F)CN2C(=O)c3ccccc3C2=O)c1=O. The summed E-state index contributed by atoms with van der Waals surface area (Å²) < 4.78 is 93.2. The minimum Gasteiger partial charge on any atom is -0.505 e. The first kappa shape index (κ1) is 58.9. The van der Waals surface area contributed by atoms with Crippen molar-refractivity contribution in [2.45, 2.75) is 79.0 Å². The van der Waals surface area contributed by atoms with Crippen LogP contribution in [0.25, 0.3) is 22.1 Å². The molecule has 0 radical (unpaired) electrons. The van der Waals surface area contributed by atoms with Gasteiger partial charge < -0.3 is 30.7 Å². The number of ether oxygens (including phenoxy) is 1. The van der Waals surface area contributed by atoms with E-state index in [4.69, 9.17) is 16.3 Å². The van der Waals surface area contributed by atoms with Crippen LogP contribution in [0.3, 0.4) is 0 Å². The van der Waals surface area contributed by atoms with E-state index in [-0.39, 0.29) is 79.3 Å². The molecule has 3 aromatic carbocycles. The second kappa shape index (κ2) is 22.7. The first-order valence-electron chi connectivity index (χ1n) is 23.1. The molecule has 5 N–H and O–H groups in total. The Morgan fingerprint density at radius 3 is 1.83 bits per heavy atom.